The van der Waals surface area contributed by atoms with E-state index in [1.54, 1.807) is 0 Å². The number of hydrogen-bond acceptors (Lipinski definition) is 5. The number of likely N-dealkylation sites (tertiary alicyclic amines) is 1. The van der Waals surface area contributed by atoms with Gasteiger partial charge in [-0.1, -0.05) is 27.2 Å². The summed E-state index contributed by atoms with van der Waals surface area (Å²) in [6.07, 6.45) is 20.1. The molecule has 0 bridgehead atoms. The Bertz CT molecular complexity index is 708. The van der Waals surface area contributed by atoms with Crippen LogP contribution in [0.25, 0.3) is 0 Å². The monoisotopic (exact) mass is 541 g/mol. The Morgan fingerprint density at radius 3 is 1.97 bits per heavy atom. The molecule has 0 unspecified atom stereocenters. The van der Waals surface area contributed by atoms with E-state index in [9.17, 15) is 19.5 Å². The lowest BCUT2D eigenvalue weighted by molar-refractivity contribution is -0.137. The third-order valence-corrected chi connectivity index (χ3v) is 5.84. The Hall–Kier alpha value is -2.55. The molecular formula is C30H54N2O6. The maximum absolute atomic E-state index is 12.2. The summed E-state index contributed by atoms with van der Waals surface area (Å²) in [5.41, 5.74) is -0.310. The zero-order chi connectivity index (χ0) is 31.1. The summed E-state index contributed by atoms with van der Waals surface area (Å²) in [4.78, 5) is 35.6. The van der Waals surface area contributed by atoms with Crippen molar-refractivity contribution in [1.82, 2.24) is 10.2 Å². The Morgan fingerprint density at radius 2 is 1.50 bits per heavy atom. The van der Waals surface area contributed by atoms with E-state index in [1.807, 2.05) is 18.7 Å². The second-order valence-electron chi connectivity index (χ2n) is 8.92. The molecule has 220 valence electrons. The van der Waals surface area contributed by atoms with Gasteiger partial charge in [0.2, 0.25) is 13.2 Å². The molecule has 0 radical (unpaired) electrons. The van der Waals surface area contributed by atoms with Crippen LogP contribution in [0.5, 0.6) is 0 Å². The van der Waals surface area contributed by atoms with Crippen LogP contribution in [0.3, 0.4) is 0 Å². The van der Waals surface area contributed by atoms with Crippen LogP contribution in [0, 0.1) is 30.1 Å². The van der Waals surface area contributed by atoms with E-state index >= 15 is 0 Å². The van der Waals surface area contributed by atoms with Crippen LogP contribution >= 0.6 is 0 Å². The summed E-state index contributed by atoms with van der Waals surface area (Å²) in [5.74, 6) is 4.52. The number of carbonyl (C=O) groups is 3. The van der Waals surface area contributed by atoms with Crippen LogP contribution in [0.4, 0.5) is 0 Å². The van der Waals surface area contributed by atoms with Crippen LogP contribution in [0.15, 0.2) is 0 Å². The van der Waals surface area contributed by atoms with Gasteiger partial charge >= 0.3 is 5.97 Å². The van der Waals surface area contributed by atoms with E-state index < -0.39 is 5.97 Å². The van der Waals surface area contributed by atoms with Gasteiger partial charge in [0, 0.05) is 66.8 Å². The average Bonchev–Trinajstić information content (AvgIpc) is 2.97. The zero-order valence-electron chi connectivity index (χ0n) is 26.1. The highest BCUT2D eigenvalue weighted by atomic mass is 16.4. The number of hydrogen-bond donors (Lipinski definition) is 4. The molecule has 0 aromatic heterocycles. The number of nitrogens with one attached hydrogen (secondary N) is 1. The van der Waals surface area contributed by atoms with Gasteiger partial charge in [0.05, 0.1) is 0 Å². The number of aliphatic hydroxyl groups excluding tert-OH is 2. The van der Waals surface area contributed by atoms with Crippen molar-refractivity contribution in [2.24, 2.45) is 5.41 Å². The molecule has 0 aromatic rings. The Kier molecular flexibility index (Phi) is 27.1. The predicted molar refractivity (Wildman–Crippen MR) is 154 cm³/mol. The van der Waals surface area contributed by atoms with E-state index in [0.29, 0.717) is 58.2 Å². The Balaban J connectivity index is -0.000000812. The first kappa shape index (κ1) is 35.5. The van der Waals surface area contributed by atoms with Gasteiger partial charge in [0.1, 0.15) is 0 Å². The Morgan fingerprint density at radius 1 is 0.974 bits per heavy atom. The van der Waals surface area contributed by atoms with Gasteiger partial charge in [-0.2, -0.15) is 0 Å². The van der Waals surface area contributed by atoms with Crippen molar-refractivity contribution >= 4 is 17.8 Å². The number of terminal acetylenes is 2. The number of aliphatic carboxylic acids is 1. The number of piperidine rings is 1. The fraction of sp³-hybridized carbons (Fsp3) is 0.767. The van der Waals surface area contributed by atoms with Crippen molar-refractivity contribution in [2.45, 2.75) is 111 Å². The van der Waals surface area contributed by atoms with Crippen molar-refractivity contribution in [3.8, 4) is 24.7 Å². The van der Waals surface area contributed by atoms with E-state index in [-0.39, 0.29) is 37.2 Å². The minimum absolute atomic E-state index is 0.0359. The highest BCUT2D eigenvalue weighted by Crippen LogP contribution is 2.30. The van der Waals surface area contributed by atoms with Gasteiger partial charge in [-0.25, -0.2) is 0 Å². The first-order valence-corrected chi connectivity index (χ1v) is 13.8. The lowest BCUT2D eigenvalue weighted by atomic mass is 9.81. The van der Waals surface area contributed by atoms with Gasteiger partial charge in [0.25, 0.3) is 0 Å². The van der Waals surface area contributed by atoms with Crippen molar-refractivity contribution in [3.05, 3.63) is 0 Å². The normalized spacial score (nSPS) is 13.7. The lowest BCUT2D eigenvalue weighted by Crippen LogP contribution is -2.43. The SMILES string of the molecule is C#CCCCCC(=O)O.CC.[2H]CC1(CO)CCN(C(=O)CCCCCNC(=O)CCCCC#C)CC1.[3H]OC. The molecule has 0 saturated carbocycles. The standard InChI is InChI=1S/C20H34N2O3.C7H10O2.C2H6.CH4O/c1-3-4-5-7-10-18(24)21-14-9-6-8-11-19(25)22-15-12-20(2,17-23)13-16-22;1-2-3-4-5-6-7(8)9;2*1-2/h1,23H,4-17H2,2H3,(H,21,24);1H,3-6H2,(H,8,9);1-2H3;2H,1H3/i2D;;;2T. The van der Waals surface area contributed by atoms with Gasteiger partial charge in [0.15, 0.2) is 0 Å². The molecule has 0 aliphatic carbocycles. The molecule has 0 aromatic carbocycles. The maximum atomic E-state index is 12.2. The number of nitrogens with zero attached hydrogens (tertiary/aromatic N) is 1. The van der Waals surface area contributed by atoms with E-state index in [2.05, 4.69) is 22.3 Å². The quantitative estimate of drug-likeness (QED) is 0.180. The van der Waals surface area contributed by atoms with Crippen LogP contribution in [0.1, 0.15) is 112 Å². The van der Waals surface area contributed by atoms with Crippen LogP contribution in [-0.4, -0.2) is 72.8 Å². The van der Waals surface area contributed by atoms with Crippen LogP contribution in [0.2, 0.25) is 0 Å². The first-order chi connectivity index (χ1) is 19.2. The smallest absolute Gasteiger partial charge is 0.303 e. The summed E-state index contributed by atoms with van der Waals surface area (Å²) in [7, 11) is 1.29. The zero-order valence-corrected chi connectivity index (χ0v) is 24.1. The highest BCUT2D eigenvalue weighted by molar-refractivity contribution is 5.76. The molecular weight excluding hydrogens is 484 g/mol. The predicted octanol–water partition coefficient (Wildman–Crippen LogP) is 4.38. The molecule has 1 heterocycles. The second kappa shape index (κ2) is 29.0. The Labute approximate surface area is 234 Å². The fourth-order valence-electron chi connectivity index (χ4n) is 3.46. The van der Waals surface area contributed by atoms with E-state index in [4.69, 9.17) is 20.8 Å². The molecule has 4 N–H and O–H groups in total. The molecule has 1 saturated heterocycles. The molecule has 8 heteroatoms. The number of aliphatic hydroxyl groups is 2. The molecule has 2 amide bonds. The summed E-state index contributed by atoms with van der Waals surface area (Å²) < 4.78 is 13.3. The third kappa shape index (κ3) is 25.1. The summed E-state index contributed by atoms with van der Waals surface area (Å²) in [6, 6.07) is 0. The lowest BCUT2D eigenvalue weighted by Gasteiger charge is -2.38. The number of carboxylic acids is 1. The molecule has 1 rings (SSSR count). The highest BCUT2D eigenvalue weighted by Gasteiger charge is 2.30. The maximum Gasteiger partial charge on any atom is 0.303 e. The van der Waals surface area contributed by atoms with Gasteiger partial charge in [-0.3, -0.25) is 14.4 Å². The molecule has 8 nitrogen and oxygen atoms in total. The van der Waals surface area contributed by atoms with Crippen molar-refractivity contribution < 1.29 is 31.1 Å². The van der Waals surface area contributed by atoms with E-state index in [0.717, 1.165) is 44.9 Å². The largest absolute Gasteiger partial charge is 0.481 e. The summed E-state index contributed by atoms with van der Waals surface area (Å²) in [5, 5.41) is 24.0. The van der Waals surface area contributed by atoms with E-state index in [1.165, 1.54) is 7.11 Å². The molecule has 1 aliphatic rings. The third-order valence-electron chi connectivity index (χ3n) is 5.84. The van der Waals surface area contributed by atoms with Gasteiger partial charge in [-0.05, 0) is 56.8 Å². The molecule has 0 atom stereocenters. The van der Waals surface area contributed by atoms with Gasteiger partial charge in [-0.15, -0.1) is 24.7 Å². The van der Waals surface area contributed by atoms with Crippen LogP contribution < -0.4 is 5.32 Å². The topological polar surface area (TPSA) is 127 Å². The average molecular weight is 542 g/mol. The van der Waals surface area contributed by atoms with Crippen molar-refractivity contribution in [3.63, 3.8) is 0 Å². The van der Waals surface area contributed by atoms with Crippen molar-refractivity contribution in [2.75, 3.05) is 33.4 Å². The molecule has 1 aliphatic heterocycles. The van der Waals surface area contributed by atoms with Gasteiger partial charge < -0.3 is 25.5 Å². The number of carboxylic acid groups (broad SMARTS) is 1. The minimum Gasteiger partial charge on any atom is -0.481 e. The summed E-state index contributed by atoms with van der Waals surface area (Å²) >= 11 is 0. The number of amides is 2. The molecule has 1 fully saturated rings. The van der Waals surface area contributed by atoms with Crippen molar-refractivity contribution in [1.29, 1.82) is 1.43 Å². The molecule has 38 heavy (non-hydrogen) atoms. The summed E-state index contributed by atoms with van der Waals surface area (Å²) in [6.45, 7) is 6.21. The number of carbonyl (C=O) groups excluding carboxylic acids is 2. The number of rotatable bonds is 15. The molecule has 0 spiro atoms. The first-order valence-electron chi connectivity index (χ1n) is 14.9. The second-order valence-corrected chi connectivity index (χ2v) is 8.92. The van der Waals surface area contributed by atoms with Crippen LogP contribution in [-0.2, 0) is 14.4 Å². The minimum atomic E-state index is -0.743. The fourth-order valence-corrected chi connectivity index (χ4v) is 3.46. The number of unbranched alkanes of at least 4 members (excludes halogenated alkanes) is 6.